The number of nitrogens with zero attached hydrogens (tertiary/aromatic N) is 2. The van der Waals surface area contributed by atoms with Gasteiger partial charge in [0.25, 0.3) is 5.91 Å². The molecule has 0 fully saturated rings. The third kappa shape index (κ3) is 5.20. The van der Waals surface area contributed by atoms with Crippen LogP contribution >= 0.6 is 0 Å². The highest BCUT2D eigenvalue weighted by Crippen LogP contribution is 2.24. The number of methoxy groups -OCH3 is 1. The molecule has 1 aromatic carbocycles. The summed E-state index contributed by atoms with van der Waals surface area (Å²) in [4.78, 5) is 15.4. The first-order valence-corrected chi connectivity index (χ1v) is 10.8. The van der Waals surface area contributed by atoms with Gasteiger partial charge < -0.3 is 19.0 Å². The molecule has 0 aliphatic heterocycles. The SMILES string of the molecule is CCN(CC)C(CNC(=O)c1cc(C)n(Cc2ccco2)c1C)c1cccc(OC)c1. The van der Waals surface area contributed by atoms with Crippen molar-refractivity contribution in [3.05, 3.63) is 77.0 Å². The van der Waals surface area contributed by atoms with Crippen molar-refractivity contribution < 1.29 is 13.9 Å². The summed E-state index contributed by atoms with van der Waals surface area (Å²) in [6.07, 6.45) is 1.67. The maximum absolute atomic E-state index is 13.1. The molecule has 1 amide bonds. The van der Waals surface area contributed by atoms with E-state index in [2.05, 4.69) is 34.7 Å². The molecular formula is C25H33N3O3. The van der Waals surface area contributed by atoms with Crippen LogP contribution in [0, 0.1) is 13.8 Å². The van der Waals surface area contributed by atoms with E-state index in [1.807, 2.05) is 50.2 Å². The van der Waals surface area contributed by atoms with E-state index >= 15 is 0 Å². The number of benzene rings is 1. The second-order valence-corrected chi connectivity index (χ2v) is 7.67. The molecule has 1 unspecified atom stereocenters. The molecule has 2 heterocycles. The normalized spacial score (nSPS) is 12.2. The number of amides is 1. The molecule has 0 saturated heterocycles. The number of carbonyl (C=O) groups excluding carboxylic acids is 1. The van der Waals surface area contributed by atoms with Gasteiger partial charge in [0.1, 0.15) is 11.5 Å². The Bertz CT molecular complexity index is 988. The molecule has 0 aliphatic rings. The molecule has 6 heteroatoms. The molecule has 0 aliphatic carbocycles. The molecule has 0 radical (unpaired) electrons. The molecule has 1 N–H and O–H groups in total. The quantitative estimate of drug-likeness (QED) is 0.519. The van der Waals surface area contributed by atoms with Gasteiger partial charge in [-0.25, -0.2) is 0 Å². The summed E-state index contributed by atoms with van der Waals surface area (Å²) >= 11 is 0. The van der Waals surface area contributed by atoms with Gasteiger partial charge in [0, 0.05) is 17.9 Å². The summed E-state index contributed by atoms with van der Waals surface area (Å²) in [5, 5.41) is 3.17. The molecular weight excluding hydrogens is 390 g/mol. The number of aryl methyl sites for hydroxylation is 1. The Kier molecular flexibility index (Phi) is 7.58. The standard InChI is InChI=1S/C25H33N3O3/c1-6-27(7-2)24(20-10-8-11-21(15-20)30-5)16-26-25(29)23-14-18(3)28(19(23)4)17-22-12-9-13-31-22/h8-15,24H,6-7,16-17H2,1-5H3,(H,26,29). The minimum Gasteiger partial charge on any atom is -0.497 e. The summed E-state index contributed by atoms with van der Waals surface area (Å²) in [5.41, 5.74) is 3.80. The number of likely N-dealkylation sites (N-methyl/N-ethyl adjacent to an activating group) is 1. The largest absolute Gasteiger partial charge is 0.497 e. The first kappa shape index (κ1) is 22.7. The maximum Gasteiger partial charge on any atom is 0.253 e. The van der Waals surface area contributed by atoms with Crippen molar-refractivity contribution in [1.29, 1.82) is 0 Å². The van der Waals surface area contributed by atoms with Crippen LogP contribution in [0.1, 0.15) is 53.0 Å². The zero-order valence-corrected chi connectivity index (χ0v) is 19.1. The van der Waals surface area contributed by atoms with Crippen molar-refractivity contribution >= 4 is 5.91 Å². The van der Waals surface area contributed by atoms with Crippen LogP contribution in [0.15, 0.2) is 53.1 Å². The predicted octanol–water partition coefficient (Wildman–Crippen LogP) is 4.57. The van der Waals surface area contributed by atoms with Crippen LogP contribution in [0.3, 0.4) is 0 Å². The highest BCUT2D eigenvalue weighted by atomic mass is 16.5. The summed E-state index contributed by atoms with van der Waals surface area (Å²) in [6.45, 7) is 11.2. The fourth-order valence-electron chi connectivity index (χ4n) is 4.09. The maximum atomic E-state index is 13.1. The van der Waals surface area contributed by atoms with E-state index in [4.69, 9.17) is 9.15 Å². The first-order chi connectivity index (χ1) is 15.0. The number of hydrogen-bond acceptors (Lipinski definition) is 4. The lowest BCUT2D eigenvalue weighted by molar-refractivity contribution is 0.0934. The molecule has 3 rings (SSSR count). The molecule has 0 bridgehead atoms. The van der Waals surface area contributed by atoms with E-state index in [-0.39, 0.29) is 11.9 Å². The molecule has 1 atom stereocenters. The van der Waals surface area contributed by atoms with Crippen molar-refractivity contribution in [2.45, 2.75) is 40.3 Å². The van der Waals surface area contributed by atoms with Crippen LogP contribution in [-0.4, -0.2) is 42.1 Å². The fraction of sp³-hybridized carbons (Fsp3) is 0.400. The number of furan rings is 1. The van der Waals surface area contributed by atoms with E-state index < -0.39 is 0 Å². The fourth-order valence-corrected chi connectivity index (χ4v) is 4.09. The van der Waals surface area contributed by atoms with E-state index in [1.54, 1.807) is 13.4 Å². The lowest BCUT2D eigenvalue weighted by Gasteiger charge is -2.30. The third-order valence-corrected chi connectivity index (χ3v) is 5.90. The van der Waals surface area contributed by atoms with Gasteiger partial charge in [-0.3, -0.25) is 9.69 Å². The number of carbonyl (C=O) groups is 1. The van der Waals surface area contributed by atoms with Gasteiger partial charge in [0.15, 0.2) is 0 Å². The summed E-state index contributed by atoms with van der Waals surface area (Å²) in [6, 6.07) is 13.9. The molecule has 0 saturated carbocycles. The average molecular weight is 424 g/mol. The topological polar surface area (TPSA) is 59.6 Å². The Labute approximate surface area is 184 Å². The summed E-state index contributed by atoms with van der Waals surface area (Å²) in [7, 11) is 1.67. The van der Waals surface area contributed by atoms with Gasteiger partial charge in [-0.2, -0.15) is 0 Å². The number of ether oxygens (including phenoxy) is 1. The van der Waals surface area contributed by atoms with Gasteiger partial charge in [0.05, 0.1) is 31.5 Å². The number of hydrogen-bond donors (Lipinski definition) is 1. The average Bonchev–Trinajstić information content (AvgIpc) is 3.40. The Morgan fingerprint density at radius 2 is 1.94 bits per heavy atom. The lowest BCUT2D eigenvalue weighted by Crippen LogP contribution is -2.38. The summed E-state index contributed by atoms with van der Waals surface area (Å²) < 4.78 is 13.0. The molecule has 2 aromatic heterocycles. The lowest BCUT2D eigenvalue weighted by atomic mass is 10.0. The highest BCUT2D eigenvalue weighted by molar-refractivity contribution is 5.95. The van der Waals surface area contributed by atoms with Crippen LogP contribution < -0.4 is 10.1 Å². The van der Waals surface area contributed by atoms with E-state index in [0.717, 1.165) is 41.6 Å². The van der Waals surface area contributed by atoms with Gasteiger partial charge in [-0.15, -0.1) is 0 Å². The van der Waals surface area contributed by atoms with Crippen molar-refractivity contribution in [1.82, 2.24) is 14.8 Å². The van der Waals surface area contributed by atoms with Crippen LogP contribution in [0.4, 0.5) is 0 Å². The monoisotopic (exact) mass is 423 g/mol. The third-order valence-electron chi connectivity index (χ3n) is 5.90. The highest BCUT2D eigenvalue weighted by Gasteiger charge is 2.22. The van der Waals surface area contributed by atoms with Crippen LogP contribution in [0.25, 0.3) is 0 Å². The molecule has 166 valence electrons. The van der Waals surface area contributed by atoms with Gasteiger partial charge in [-0.1, -0.05) is 26.0 Å². The predicted molar refractivity (Wildman–Crippen MR) is 123 cm³/mol. The van der Waals surface area contributed by atoms with Crippen molar-refractivity contribution in [3.8, 4) is 5.75 Å². The Balaban J connectivity index is 1.78. The zero-order chi connectivity index (χ0) is 22.4. The molecule has 0 spiro atoms. The van der Waals surface area contributed by atoms with Crippen molar-refractivity contribution in [2.24, 2.45) is 0 Å². The van der Waals surface area contributed by atoms with Crippen LogP contribution in [-0.2, 0) is 6.54 Å². The Hall–Kier alpha value is -2.99. The second-order valence-electron chi connectivity index (χ2n) is 7.67. The Morgan fingerprint density at radius 3 is 2.58 bits per heavy atom. The van der Waals surface area contributed by atoms with Crippen molar-refractivity contribution in [3.63, 3.8) is 0 Å². The van der Waals surface area contributed by atoms with Crippen molar-refractivity contribution in [2.75, 3.05) is 26.7 Å². The second kappa shape index (κ2) is 10.4. The van der Waals surface area contributed by atoms with Gasteiger partial charge in [-0.05, 0) is 62.8 Å². The van der Waals surface area contributed by atoms with E-state index in [0.29, 0.717) is 18.7 Å². The van der Waals surface area contributed by atoms with Gasteiger partial charge in [0.2, 0.25) is 0 Å². The molecule has 6 nitrogen and oxygen atoms in total. The number of aromatic nitrogens is 1. The minimum atomic E-state index is -0.0566. The number of nitrogens with one attached hydrogen (secondary N) is 1. The smallest absolute Gasteiger partial charge is 0.253 e. The summed E-state index contributed by atoms with van der Waals surface area (Å²) in [5.74, 6) is 1.63. The van der Waals surface area contributed by atoms with E-state index in [9.17, 15) is 4.79 Å². The molecule has 3 aromatic rings. The number of rotatable bonds is 10. The van der Waals surface area contributed by atoms with Crippen LogP contribution in [0.2, 0.25) is 0 Å². The minimum absolute atomic E-state index is 0.0566. The van der Waals surface area contributed by atoms with Gasteiger partial charge >= 0.3 is 0 Å². The van der Waals surface area contributed by atoms with E-state index in [1.165, 1.54) is 0 Å². The van der Waals surface area contributed by atoms with Crippen LogP contribution in [0.5, 0.6) is 5.75 Å². The first-order valence-electron chi connectivity index (χ1n) is 10.8. The zero-order valence-electron chi connectivity index (χ0n) is 19.1. The molecule has 31 heavy (non-hydrogen) atoms. The Morgan fingerprint density at radius 1 is 1.16 bits per heavy atom.